The third kappa shape index (κ3) is 3.43. The topological polar surface area (TPSA) is 49.9 Å². The SMILES string of the molecule is COC(=O)[C@H]1CCCN(C(C)C(=O)N(C)C)C1. The van der Waals surface area contributed by atoms with Gasteiger partial charge in [0.25, 0.3) is 0 Å². The molecular formula is C12H22N2O3. The second-order valence-corrected chi connectivity index (χ2v) is 4.77. The van der Waals surface area contributed by atoms with Crippen LogP contribution < -0.4 is 0 Å². The zero-order valence-electron chi connectivity index (χ0n) is 11.1. The Morgan fingerprint density at radius 3 is 2.59 bits per heavy atom. The minimum absolute atomic E-state index is 0.0792. The summed E-state index contributed by atoms with van der Waals surface area (Å²) in [6.45, 7) is 3.38. The van der Waals surface area contributed by atoms with E-state index in [1.165, 1.54) is 7.11 Å². The maximum atomic E-state index is 11.9. The van der Waals surface area contributed by atoms with Gasteiger partial charge in [0.05, 0.1) is 19.1 Å². The number of methoxy groups -OCH3 is 1. The zero-order chi connectivity index (χ0) is 13.0. The van der Waals surface area contributed by atoms with Gasteiger partial charge in [-0.3, -0.25) is 14.5 Å². The lowest BCUT2D eigenvalue weighted by Gasteiger charge is -2.35. The lowest BCUT2D eigenvalue weighted by molar-refractivity contribution is -0.149. The average Bonchev–Trinajstić information content (AvgIpc) is 2.36. The molecule has 2 atom stereocenters. The summed E-state index contributed by atoms with van der Waals surface area (Å²) < 4.78 is 4.76. The molecule has 0 aromatic carbocycles. The molecule has 1 heterocycles. The number of nitrogens with zero attached hydrogens (tertiary/aromatic N) is 2. The molecule has 1 fully saturated rings. The highest BCUT2D eigenvalue weighted by molar-refractivity contribution is 5.81. The highest BCUT2D eigenvalue weighted by Gasteiger charge is 2.31. The second kappa shape index (κ2) is 6.00. The third-order valence-corrected chi connectivity index (χ3v) is 3.33. The molecule has 0 aliphatic carbocycles. The summed E-state index contributed by atoms with van der Waals surface area (Å²) in [5.74, 6) is -0.180. The summed E-state index contributed by atoms with van der Waals surface area (Å²) >= 11 is 0. The summed E-state index contributed by atoms with van der Waals surface area (Å²) in [5.41, 5.74) is 0. The monoisotopic (exact) mass is 242 g/mol. The van der Waals surface area contributed by atoms with Gasteiger partial charge < -0.3 is 9.64 Å². The minimum atomic E-state index is -0.169. The second-order valence-electron chi connectivity index (χ2n) is 4.77. The maximum absolute atomic E-state index is 11.9. The fraction of sp³-hybridized carbons (Fsp3) is 0.833. The zero-order valence-corrected chi connectivity index (χ0v) is 11.1. The molecule has 0 bridgehead atoms. The quantitative estimate of drug-likeness (QED) is 0.670. The number of likely N-dealkylation sites (N-methyl/N-ethyl adjacent to an activating group) is 1. The Morgan fingerprint density at radius 2 is 2.06 bits per heavy atom. The highest BCUT2D eigenvalue weighted by atomic mass is 16.5. The van der Waals surface area contributed by atoms with Crippen molar-refractivity contribution in [2.24, 2.45) is 5.92 Å². The highest BCUT2D eigenvalue weighted by Crippen LogP contribution is 2.20. The Morgan fingerprint density at radius 1 is 1.41 bits per heavy atom. The largest absolute Gasteiger partial charge is 0.469 e. The van der Waals surface area contributed by atoms with Crippen LogP contribution in [0.2, 0.25) is 0 Å². The first kappa shape index (κ1) is 14.0. The summed E-state index contributed by atoms with van der Waals surface area (Å²) in [6.07, 6.45) is 1.79. The van der Waals surface area contributed by atoms with Crippen LogP contribution in [0.15, 0.2) is 0 Å². The van der Waals surface area contributed by atoms with E-state index in [2.05, 4.69) is 4.90 Å². The molecule has 1 saturated heterocycles. The van der Waals surface area contributed by atoms with E-state index in [1.807, 2.05) is 6.92 Å². The van der Waals surface area contributed by atoms with Gasteiger partial charge in [-0.15, -0.1) is 0 Å². The van der Waals surface area contributed by atoms with Crippen LogP contribution in [-0.2, 0) is 14.3 Å². The molecule has 0 radical (unpaired) electrons. The van der Waals surface area contributed by atoms with Gasteiger partial charge >= 0.3 is 5.97 Å². The fourth-order valence-electron chi connectivity index (χ4n) is 2.25. The number of amides is 1. The molecule has 5 nitrogen and oxygen atoms in total. The van der Waals surface area contributed by atoms with Crippen molar-refractivity contribution in [3.63, 3.8) is 0 Å². The van der Waals surface area contributed by atoms with Crippen molar-refractivity contribution < 1.29 is 14.3 Å². The van der Waals surface area contributed by atoms with Gasteiger partial charge in [-0.1, -0.05) is 0 Å². The van der Waals surface area contributed by atoms with Crippen LogP contribution in [-0.4, -0.2) is 62.0 Å². The van der Waals surface area contributed by atoms with E-state index in [0.717, 1.165) is 19.4 Å². The molecule has 17 heavy (non-hydrogen) atoms. The third-order valence-electron chi connectivity index (χ3n) is 3.33. The van der Waals surface area contributed by atoms with Crippen LogP contribution in [0.3, 0.4) is 0 Å². The Bertz CT molecular complexity index is 291. The van der Waals surface area contributed by atoms with E-state index in [4.69, 9.17) is 4.74 Å². The lowest BCUT2D eigenvalue weighted by atomic mass is 9.97. The predicted octanol–water partition coefficient (Wildman–Crippen LogP) is 0.348. The van der Waals surface area contributed by atoms with E-state index in [9.17, 15) is 9.59 Å². The van der Waals surface area contributed by atoms with E-state index >= 15 is 0 Å². The van der Waals surface area contributed by atoms with Crippen molar-refractivity contribution in [2.75, 3.05) is 34.3 Å². The predicted molar refractivity (Wildman–Crippen MR) is 64.5 cm³/mol. The normalized spacial score (nSPS) is 22.9. The van der Waals surface area contributed by atoms with E-state index in [0.29, 0.717) is 6.54 Å². The van der Waals surface area contributed by atoms with Crippen LogP contribution in [0.4, 0.5) is 0 Å². The van der Waals surface area contributed by atoms with Crippen LogP contribution in [0, 0.1) is 5.92 Å². The van der Waals surface area contributed by atoms with Crippen LogP contribution in [0.25, 0.3) is 0 Å². The number of ether oxygens (including phenoxy) is 1. The summed E-state index contributed by atoms with van der Waals surface area (Å²) in [4.78, 5) is 27.0. The Balaban J connectivity index is 2.60. The Kier molecular flexibility index (Phi) is 4.93. The number of hydrogen-bond acceptors (Lipinski definition) is 4. The first-order valence-corrected chi connectivity index (χ1v) is 6.00. The van der Waals surface area contributed by atoms with Gasteiger partial charge in [-0.25, -0.2) is 0 Å². The van der Waals surface area contributed by atoms with Gasteiger partial charge in [0.1, 0.15) is 0 Å². The molecule has 0 spiro atoms. The van der Waals surface area contributed by atoms with Crippen molar-refractivity contribution >= 4 is 11.9 Å². The Hall–Kier alpha value is -1.10. The molecule has 1 rings (SSSR count). The van der Waals surface area contributed by atoms with Crippen LogP contribution in [0.1, 0.15) is 19.8 Å². The lowest BCUT2D eigenvalue weighted by Crippen LogP contribution is -2.49. The fourth-order valence-corrected chi connectivity index (χ4v) is 2.25. The molecular weight excluding hydrogens is 220 g/mol. The molecule has 98 valence electrons. The van der Waals surface area contributed by atoms with E-state index in [1.54, 1.807) is 19.0 Å². The van der Waals surface area contributed by atoms with E-state index in [-0.39, 0.29) is 23.8 Å². The van der Waals surface area contributed by atoms with Crippen molar-refractivity contribution in [1.82, 2.24) is 9.80 Å². The van der Waals surface area contributed by atoms with Crippen molar-refractivity contribution in [1.29, 1.82) is 0 Å². The molecule has 1 aliphatic heterocycles. The van der Waals surface area contributed by atoms with Crippen molar-refractivity contribution in [3.8, 4) is 0 Å². The molecule has 0 saturated carbocycles. The maximum Gasteiger partial charge on any atom is 0.309 e. The molecule has 1 aliphatic rings. The number of rotatable bonds is 3. The van der Waals surface area contributed by atoms with E-state index < -0.39 is 0 Å². The van der Waals surface area contributed by atoms with Gasteiger partial charge in [0.15, 0.2) is 0 Å². The number of carbonyl (C=O) groups excluding carboxylic acids is 2. The van der Waals surface area contributed by atoms with Crippen molar-refractivity contribution in [3.05, 3.63) is 0 Å². The van der Waals surface area contributed by atoms with Gasteiger partial charge in [0.2, 0.25) is 5.91 Å². The number of piperidine rings is 1. The average molecular weight is 242 g/mol. The number of carbonyl (C=O) groups is 2. The molecule has 5 heteroatoms. The minimum Gasteiger partial charge on any atom is -0.469 e. The first-order valence-electron chi connectivity index (χ1n) is 6.00. The first-order chi connectivity index (χ1) is 7.97. The molecule has 0 aromatic heterocycles. The molecule has 0 N–H and O–H groups in total. The summed E-state index contributed by atoms with van der Waals surface area (Å²) in [5, 5.41) is 0. The number of hydrogen-bond donors (Lipinski definition) is 0. The standard InChI is InChI=1S/C12H22N2O3/c1-9(11(15)13(2)3)14-7-5-6-10(8-14)12(16)17-4/h9-10H,5-8H2,1-4H3/t9?,10-/m0/s1. The number of esters is 1. The van der Waals surface area contributed by atoms with Crippen molar-refractivity contribution in [2.45, 2.75) is 25.8 Å². The van der Waals surface area contributed by atoms with Crippen LogP contribution >= 0.6 is 0 Å². The molecule has 0 aromatic rings. The van der Waals surface area contributed by atoms with Gasteiger partial charge in [-0.05, 0) is 26.3 Å². The molecule has 1 amide bonds. The van der Waals surface area contributed by atoms with Crippen LogP contribution in [0.5, 0.6) is 0 Å². The van der Waals surface area contributed by atoms with Gasteiger partial charge in [-0.2, -0.15) is 0 Å². The molecule has 1 unspecified atom stereocenters. The summed E-state index contributed by atoms with van der Waals surface area (Å²) in [7, 11) is 4.91. The smallest absolute Gasteiger partial charge is 0.309 e. The Labute approximate surface area is 103 Å². The number of likely N-dealkylation sites (tertiary alicyclic amines) is 1. The van der Waals surface area contributed by atoms with Gasteiger partial charge in [0, 0.05) is 20.6 Å². The summed E-state index contributed by atoms with van der Waals surface area (Å²) in [6, 6.07) is -0.169.